The highest BCUT2D eigenvalue weighted by atomic mass is 32.2. The fraction of sp³-hybridized carbons (Fsp3) is 0.379. The van der Waals surface area contributed by atoms with Gasteiger partial charge in [0.15, 0.2) is 5.82 Å². The molecule has 1 saturated heterocycles. The van der Waals surface area contributed by atoms with Crippen molar-refractivity contribution in [1.29, 1.82) is 0 Å². The highest BCUT2D eigenvalue weighted by molar-refractivity contribution is 7.92. The van der Waals surface area contributed by atoms with Gasteiger partial charge in [-0.3, -0.25) is 14.0 Å². The minimum Gasteiger partial charge on any atom is -0.494 e. The number of aliphatic carboxylic acids is 1. The summed E-state index contributed by atoms with van der Waals surface area (Å²) in [6, 6.07) is 10.7. The molecule has 0 spiro atoms. The average Bonchev–Trinajstić information content (AvgIpc) is 2.94. The molecule has 0 unspecified atom stereocenters. The summed E-state index contributed by atoms with van der Waals surface area (Å²) >= 11 is 0. The summed E-state index contributed by atoms with van der Waals surface area (Å²) in [5.74, 6) is 0.121. The van der Waals surface area contributed by atoms with Crippen molar-refractivity contribution in [2.45, 2.75) is 37.4 Å². The minimum atomic E-state index is -4.71. The van der Waals surface area contributed by atoms with Crippen molar-refractivity contribution in [3.63, 3.8) is 0 Å². The van der Waals surface area contributed by atoms with E-state index in [4.69, 9.17) is 9.84 Å². The van der Waals surface area contributed by atoms with Crippen LogP contribution in [0.4, 0.5) is 24.7 Å². The molecule has 0 radical (unpaired) electrons. The van der Waals surface area contributed by atoms with Gasteiger partial charge in [-0.15, -0.1) is 0 Å². The lowest BCUT2D eigenvalue weighted by Gasteiger charge is -2.48. The van der Waals surface area contributed by atoms with Crippen LogP contribution in [0.5, 0.6) is 5.75 Å². The molecule has 1 N–H and O–H groups in total. The summed E-state index contributed by atoms with van der Waals surface area (Å²) in [5.41, 5.74) is 1.52. The molecule has 5 rings (SSSR count). The molecule has 224 valence electrons. The molecule has 1 aromatic heterocycles. The number of carboxylic acids is 1. The van der Waals surface area contributed by atoms with Crippen LogP contribution in [0.3, 0.4) is 0 Å². The van der Waals surface area contributed by atoms with Crippen LogP contribution < -0.4 is 13.9 Å². The predicted octanol–water partition coefficient (Wildman–Crippen LogP) is 4.65. The fourth-order valence-corrected chi connectivity index (χ4v) is 7.00. The maximum absolute atomic E-state index is 14.0. The Balaban J connectivity index is 1.60. The van der Waals surface area contributed by atoms with Crippen LogP contribution >= 0.6 is 0 Å². The SMILES string of the molecule is CCOc1cc(C)cc(-c2cnc3c(c2)N(S(=O)(=O)c2cccc(C(F)(F)F)c2)C[C@@H]2CN(CCC(=O)O)CCN32)c1. The van der Waals surface area contributed by atoms with Crippen LogP contribution in [-0.4, -0.2) is 74.8 Å². The van der Waals surface area contributed by atoms with Crippen molar-refractivity contribution in [3.8, 4) is 16.9 Å². The molecule has 0 saturated carbocycles. The summed E-state index contributed by atoms with van der Waals surface area (Å²) in [6.45, 7) is 5.93. The number of hydrogen-bond acceptors (Lipinski definition) is 7. The third-order valence-corrected chi connectivity index (χ3v) is 9.19. The number of hydrogen-bond donors (Lipinski definition) is 1. The number of halogens is 3. The molecule has 0 amide bonds. The number of aromatic nitrogens is 1. The Morgan fingerprint density at radius 2 is 1.88 bits per heavy atom. The maximum atomic E-state index is 14.0. The Morgan fingerprint density at radius 1 is 1.10 bits per heavy atom. The summed E-state index contributed by atoms with van der Waals surface area (Å²) in [7, 11) is -4.45. The van der Waals surface area contributed by atoms with E-state index in [0.29, 0.717) is 56.0 Å². The molecule has 2 aromatic carbocycles. The van der Waals surface area contributed by atoms with Crippen molar-refractivity contribution in [3.05, 3.63) is 65.9 Å². The van der Waals surface area contributed by atoms with Crippen LogP contribution in [0.25, 0.3) is 11.1 Å². The number of anilines is 2. The fourth-order valence-electron chi connectivity index (χ4n) is 5.46. The van der Waals surface area contributed by atoms with E-state index in [-0.39, 0.29) is 24.7 Å². The van der Waals surface area contributed by atoms with Gasteiger partial charge in [0, 0.05) is 37.9 Å². The van der Waals surface area contributed by atoms with Crippen LogP contribution in [0.2, 0.25) is 0 Å². The van der Waals surface area contributed by atoms with Crippen molar-refractivity contribution >= 4 is 27.5 Å². The second kappa shape index (κ2) is 11.4. The number of pyridine rings is 1. The van der Waals surface area contributed by atoms with E-state index in [2.05, 4.69) is 4.98 Å². The van der Waals surface area contributed by atoms with Crippen molar-refractivity contribution < 1.29 is 36.2 Å². The van der Waals surface area contributed by atoms with Crippen LogP contribution in [0, 0.1) is 6.92 Å². The zero-order chi connectivity index (χ0) is 30.2. The van der Waals surface area contributed by atoms with Gasteiger partial charge in [-0.1, -0.05) is 12.1 Å². The number of piperazine rings is 1. The van der Waals surface area contributed by atoms with Crippen LogP contribution in [0.1, 0.15) is 24.5 Å². The number of sulfonamides is 1. The van der Waals surface area contributed by atoms with Crippen molar-refractivity contribution in [2.24, 2.45) is 0 Å². The molecule has 0 bridgehead atoms. The smallest absolute Gasteiger partial charge is 0.416 e. The van der Waals surface area contributed by atoms with E-state index in [1.807, 2.05) is 41.8 Å². The monoisotopic (exact) mass is 604 g/mol. The summed E-state index contributed by atoms with van der Waals surface area (Å²) in [5, 5.41) is 9.12. The maximum Gasteiger partial charge on any atom is 0.416 e. The Labute approximate surface area is 242 Å². The van der Waals surface area contributed by atoms with E-state index in [1.165, 1.54) is 0 Å². The number of carboxylic acid groups (broad SMARTS) is 1. The molecule has 1 fully saturated rings. The number of benzene rings is 2. The number of fused-ring (bicyclic) bond motifs is 3. The number of rotatable bonds is 8. The second-order valence-electron chi connectivity index (χ2n) is 10.4. The Kier molecular flexibility index (Phi) is 8.08. The quantitative estimate of drug-likeness (QED) is 0.397. The molecule has 13 heteroatoms. The molecular weight excluding hydrogens is 573 g/mol. The Morgan fingerprint density at radius 3 is 2.60 bits per heavy atom. The predicted molar refractivity (Wildman–Crippen MR) is 151 cm³/mol. The van der Waals surface area contributed by atoms with E-state index in [9.17, 15) is 26.4 Å². The van der Waals surface area contributed by atoms with Gasteiger partial charge in [0.1, 0.15) is 5.75 Å². The van der Waals surface area contributed by atoms with E-state index < -0.39 is 32.6 Å². The molecule has 3 aromatic rings. The second-order valence-corrected chi connectivity index (χ2v) is 12.3. The van der Waals surface area contributed by atoms with Crippen molar-refractivity contribution in [1.82, 2.24) is 9.88 Å². The standard InChI is InChI=1S/C29H31F3N4O5S/c1-3-41-24-12-19(2)11-20(13-24)21-14-26-28(33-16-21)35-10-9-34(8-7-27(37)38)17-23(35)18-36(26)42(39,40)25-6-4-5-22(15-25)29(30,31)32/h4-6,11-16,23H,3,7-10,17-18H2,1-2H3,(H,37,38)/t23-/m0/s1. The zero-order valence-corrected chi connectivity index (χ0v) is 24.0. The van der Waals surface area contributed by atoms with Crippen LogP contribution in [-0.2, 0) is 21.0 Å². The summed E-state index contributed by atoms with van der Waals surface area (Å²) in [4.78, 5) is 19.3. The van der Waals surface area contributed by atoms with Gasteiger partial charge in [0.2, 0.25) is 0 Å². The van der Waals surface area contributed by atoms with Gasteiger partial charge in [-0.2, -0.15) is 13.2 Å². The van der Waals surface area contributed by atoms with Crippen LogP contribution in [0.15, 0.2) is 59.6 Å². The first-order valence-electron chi connectivity index (χ1n) is 13.5. The van der Waals surface area contributed by atoms with E-state index in [1.54, 1.807) is 12.3 Å². The third-order valence-electron chi connectivity index (χ3n) is 7.42. The minimum absolute atomic E-state index is 0.0434. The normalized spacial score (nSPS) is 17.5. The summed E-state index contributed by atoms with van der Waals surface area (Å²) in [6.07, 6.45) is -3.12. The highest BCUT2D eigenvalue weighted by Gasteiger charge is 2.41. The number of ether oxygens (including phenoxy) is 1. The lowest BCUT2D eigenvalue weighted by molar-refractivity contribution is -0.138. The van der Waals surface area contributed by atoms with E-state index in [0.717, 1.165) is 33.6 Å². The zero-order valence-electron chi connectivity index (χ0n) is 23.1. The van der Waals surface area contributed by atoms with Gasteiger partial charge in [0.05, 0.1) is 41.8 Å². The molecular formula is C29H31F3N4O5S. The summed E-state index contributed by atoms with van der Waals surface area (Å²) < 4.78 is 75.4. The highest BCUT2D eigenvalue weighted by Crippen LogP contribution is 2.41. The van der Waals surface area contributed by atoms with Gasteiger partial charge in [0.25, 0.3) is 10.0 Å². The van der Waals surface area contributed by atoms with E-state index >= 15 is 0 Å². The molecule has 2 aliphatic heterocycles. The van der Waals surface area contributed by atoms with Gasteiger partial charge in [-0.05, 0) is 61.4 Å². The molecule has 3 heterocycles. The lowest BCUT2D eigenvalue weighted by atomic mass is 10.0. The number of alkyl halides is 3. The molecule has 2 aliphatic rings. The van der Waals surface area contributed by atoms with Crippen molar-refractivity contribution in [2.75, 3.05) is 48.5 Å². The number of nitrogens with zero attached hydrogens (tertiary/aromatic N) is 4. The first-order valence-corrected chi connectivity index (χ1v) is 15.0. The average molecular weight is 605 g/mol. The Bertz CT molecular complexity index is 1600. The first-order chi connectivity index (χ1) is 19.9. The van der Waals surface area contributed by atoms with Gasteiger partial charge >= 0.3 is 12.1 Å². The molecule has 1 atom stereocenters. The number of aryl methyl sites for hydroxylation is 1. The first kappa shape index (κ1) is 29.6. The third kappa shape index (κ3) is 6.02. The largest absolute Gasteiger partial charge is 0.494 e. The van der Waals surface area contributed by atoms with Gasteiger partial charge in [-0.25, -0.2) is 13.4 Å². The van der Waals surface area contributed by atoms with Gasteiger partial charge < -0.3 is 14.7 Å². The topological polar surface area (TPSA) is 103 Å². The number of carbonyl (C=O) groups is 1. The lowest BCUT2D eigenvalue weighted by Crippen LogP contribution is -2.61. The Hall–Kier alpha value is -3.84. The molecule has 42 heavy (non-hydrogen) atoms. The molecule has 0 aliphatic carbocycles. The molecule has 9 nitrogen and oxygen atoms in total.